The highest BCUT2D eigenvalue weighted by Crippen LogP contribution is 2.41. The topological polar surface area (TPSA) is 78.1 Å². The minimum Gasteiger partial charge on any atom is -0.398 e. The fraction of sp³-hybridized carbons (Fsp3) is 0.455. The Morgan fingerprint density at radius 2 is 1.40 bits per heavy atom. The summed E-state index contributed by atoms with van der Waals surface area (Å²) in [5.74, 6) is 0. The highest BCUT2D eigenvalue weighted by Gasteiger charge is 2.24. The number of hydrogen-bond donors (Lipinski definition) is 3. The summed E-state index contributed by atoms with van der Waals surface area (Å²) in [4.78, 5) is 0. The van der Waals surface area contributed by atoms with Gasteiger partial charge < -0.3 is 17.2 Å². The highest BCUT2D eigenvalue weighted by molar-refractivity contribution is 14.1. The van der Waals surface area contributed by atoms with Crippen LogP contribution in [-0.2, 0) is 5.41 Å². The van der Waals surface area contributed by atoms with Crippen LogP contribution in [0, 0.1) is 10.5 Å². The zero-order valence-corrected chi connectivity index (χ0v) is 11.8. The van der Waals surface area contributed by atoms with E-state index in [2.05, 4.69) is 43.4 Å². The average Bonchev–Trinajstić information content (AvgIpc) is 2.09. The van der Waals surface area contributed by atoms with Gasteiger partial charge in [0.05, 0.1) is 11.4 Å². The van der Waals surface area contributed by atoms with Crippen LogP contribution in [0.2, 0.25) is 0 Å². The molecule has 0 amide bonds. The van der Waals surface area contributed by atoms with E-state index < -0.39 is 0 Å². The molecule has 84 valence electrons. The van der Waals surface area contributed by atoms with E-state index >= 15 is 0 Å². The minimum atomic E-state index is -0.0859. The molecule has 0 saturated heterocycles. The van der Waals surface area contributed by atoms with Crippen molar-refractivity contribution in [1.29, 1.82) is 0 Å². The average molecular weight is 319 g/mol. The molecule has 0 radical (unpaired) electrons. The lowest BCUT2D eigenvalue weighted by Gasteiger charge is -2.26. The molecule has 1 rings (SSSR count). The van der Waals surface area contributed by atoms with E-state index in [0.29, 0.717) is 11.4 Å². The van der Waals surface area contributed by atoms with Crippen molar-refractivity contribution in [1.82, 2.24) is 0 Å². The lowest BCUT2D eigenvalue weighted by atomic mass is 9.83. The van der Waals surface area contributed by atoms with Gasteiger partial charge in [0.1, 0.15) is 0 Å². The van der Waals surface area contributed by atoms with Crippen molar-refractivity contribution < 1.29 is 0 Å². The Labute approximate surface area is 105 Å². The molecule has 3 nitrogen and oxygen atoms in total. The zero-order valence-electron chi connectivity index (χ0n) is 9.61. The van der Waals surface area contributed by atoms with Crippen LogP contribution in [0.1, 0.15) is 31.9 Å². The molecular weight excluding hydrogens is 301 g/mol. The van der Waals surface area contributed by atoms with Crippen LogP contribution in [0.25, 0.3) is 0 Å². The lowest BCUT2D eigenvalue weighted by molar-refractivity contribution is 0.594. The molecule has 0 aliphatic carbocycles. The van der Waals surface area contributed by atoms with E-state index in [4.69, 9.17) is 17.2 Å². The second-order valence-electron chi connectivity index (χ2n) is 4.81. The molecule has 0 spiro atoms. The zero-order chi connectivity index (χ0) is 12.0. The molecule has 0 unspecified atom stereocenters. The molecule has 0 heterocycles. The summed E-state index contributed by atoms with van der Waals surface area (Å²) in [7, 11) is 0. The number of benzene rings is 1. The first-order valence-corrected chi connectivity index (χ1v) is 5.88. The highest BCUT2D eigenvalue weighted by atomic mass is 127. The molecule has 0 aromatic heterocycles. The Morgan fingerprint density at radius 1 is 0.933 bits per heavy atom. The van der Waals surface area contributed by atoms with Crippen LogP contribution in [0.4, 0.5) is 17.1 Å². The molecule has 1 aromatic rings. The van der Waals surface area contributed by atoms with Gasteiger partial charge in [0, 0.05) is 14.8 Å². The molecule has 6 N–H and O–H groups in total. The van der Waals surface area contributed by atoms with E-state index in [1.807, 2.05) is 6.92 Å². The van der Waals surface area contributed by atoms with Crippen LogP contribution in [0.3, 0.4) is 0 Å². The summed E-state index contributed by atoms with van der Waals surface area (Å²) in [6.45, 7) is 8.23. The molecule has 15 heavy (non-hydrogen) atoms. The standard InChI is InChI=1S/C11H18IN3/c1-5-7(12)10(15)9(14)6(8(5)13)11(2,3)4/h13-15H2,1-4H3. The van der Waals surface area contributed by atoms with Gasteiger partial charge in [0.25, 0.3) is 0 Å². The van der Waals surface area contributed by atoms with Crippen molar-refractivity contribution >= 4 is 39.7 Å². The predicted octanol–water partition coefficient (Wildman–Crippen LogP) is 2.64. The van der Waals surface area contributed by atoms with E-state index in [-0.39, 0.29) is 5.41 Å². The summed E-state index contributed by atoms with van der Waals surface area (Å²) >= 11 is 2.18. The predicted molar refractivity (Wildman–Crippen MR) is 75.8 cm³/mol. The molecule has 0 atom stereocenters. The third-order valence-corrected chi connectivity index (χ3v) is 3.94. The van der Waals surface area contributed by atoms with Crippen LogP contribution >= 0.6 is 22.6 Å². The number of hydrogen-bond acceptors (Lipinski definition) is 3. The minimum absolute atomic E-state index is 0.0859. The molecule has 0 fully saturated rings. The fourth-order valence-corrected chi connectivity index (χ4v) is 2.29. The van der Waals surface area contributed by atoms with Gasteiger partial charge in [0.2, 0.25) is 0 Å². The Bertz CT molecular complexity index is 376. The second kappa shape index (κ2) is 3.73. The largest absolute Gasteiger partial charge is 0.398 e. The van der Waals surface area contributed by atoms with Crippen molar-refractivity contribution in [2.24, 2.45) is 0 Å². The quantitative estimate of drug-likeness (QED) is 0.508. The van der Waals surface area contributed by atoms with E-state index in [1.54, 1.807) is 0 Å². The van der Waals surface area contributed by atoms with E-state index in [9.17, 15) is 0 Å². The van der Waals surface area contributed by atoms with Gasteiger partial charge >= 0.3 is 0 Å². The lowest BCUT2D eigenvalue weighted by Crippen LogP contribution is -2.19. The normalized spacial score (nSPS) is 11.8. The summed E-state index contributed by atoms with van der Waals surface area (Å²) in [5.41, 5.74) is 22.0. The van der Waals surface area contributed by atoms with Crippen molar-refractivity contribution in [2.75, 3.05) is 17.2 Å². The summed E-state index contributed by atoms with van der Waals surface area (Å²) < 4.78 is 0.954. The number of rotatable bonds is 0. The monoisotopic (exact) mass is 319 g/mol. The summed E-state index contributed by atoms with van der Waals surface area (Å²) in [6, 6.07) is 0. The number of nitrogen functional groups attached to an aromatic ring is 3. The van der Waals surface area contributed by atoms with Gasteiger partial charge in [0.15, 0.2) is 0 Å². The number of halogens is 1. The Balaban J connectivity index is 3.68. The van der Waals surface area contributed by atoms with E-state index in [1.165, 1.54) is 0 Å². The van der Waals surface area contributed by atoms with Gasteiger partial charge in [-0.15, -0.1) is 0 Å². The van der Waals surface area contributed by atoms with E-state index in [0.717, 1.165) is 20.4 Å². The Hall–Kier alpha value is -0.650. The van der Waals surface area contributed by atoms with Crippen molar-refractivity contribution in [3.8, 4) is 0 Å². The molecule has 0 aliphatic rings. The second-order valence-corrected chi connectivity index (χ2v) is 5.88. The molecule has 4 heteroatoms. The van der Waals surface area contributed by atoms with Crippen molar-refractivity contribution in [3.05, 3.63) is 14.7 Å². The maximum atomic E-state index is 6.10. The Morgan fingerprint density at radius 3 is 1.80 bits per heavy atom. The third kappa shape index (κ3) is 2.00. The van der Waals surface area contributed by atoms with Gasteiger partial charge in [-0.2, -0.15) is 0 Å². The molecule has 0 saturated carbocycles. The first-order valence-electron chi connectivity index (χ1n) is 4.81. The van der Waals surface area contributed by atoms with Crippen molar-refractivity contribution in [2.45, 2.75) is 33.1 Å². The maximum absolute atomic E-state index is 6.10. The van der Waals surface area contributed by atoms with Gasteiger partial charge in [-0.05, 0) is 40.5 Å². The first-order chi connectivity index (χ1) is 6.68. The van der Waals surface area contributed by atoms with Gasteiger partial charge in [-0.3, -0.25) is 0 Å². The van der Waals surface area contributed by atoms with Crippen LogP contribution in [-0.4, -0.2) is 0 Å². The Kier molecular flexibility index (Phi) is 3.09. The summed E-state index contributed by atoms with van der Waals surface area (Å²) in [6.07, 6.45) is 0. The first kappa shape index (κ1) is 12.4. The van der Waals surface area contributed by atoms with Gasteiger partial charge in [-0.1, -0.05) is 20.8 Å². The third-order valence-electron chi connectivity index (χ3n) is 2.55. The number of nitrogens with two attached hydrogens (primary N) is 3. The molecule has 1 aromatic carbocycles. The number of anilines is 3. The molecule has 0 bridgehead atoms. The molecule has 0 aliphatic heterocycles. The SMILES string of the molecule is Cc1c(N)c(C(C)(C)C)c(N)c(N)c1I. The van der Waals surface area contributed by atoms with Crippen LogP contribution < -0.4 is 17.2 Å². The van der Waals surface area contributed by atoms with Crippen molar-refractivity contribution in [3.63, 3.8) is 0 Å². The smallest absolute Gasteiger partial charge is 0.0690 e. The molecular formula is C11H18IN3. The fourth-order valence-electron chi connectivity index (χ4n) is 1.71. The van der Waals surface area contributed by atoms with Crippen LogP contribution in [0.5, 0.6) is 0 Å². The summed E-state index contributed by atoms with van der Waals surface area (Å²) in [5, 5.41) is 0. The maximum Gasteiger partial charge on any atom is 0.0690 e. The van der Waals surface area contributed by atoms with Gasteiger partial charge in [-0.25, -0.2) is 0 Å². The van der Waals surface area contributed by atoms with Crippen LogP contribution in [0.15, 0.2) is 0 Å².